The molecule has 0 radical (unpaired) electrons. The third-order valence-corrected chi connectivity index (χ3v) is 13.6. The minimum atomic E-state index is -1.60. The predicted octanol–water partition coefficient (Wildman–Crippen LogP) is 5.60. The highest BCUT2D eigenvalue weighted by molar-refractivity contribution is 9.08. The molecular weight excluding hydrogens is 676 g/mol. The number of carbonyl (C=O) groups is 4. The Balaban J connectivity index is 1.37. The van der Waals surface area contributed by atoms with Gasteiger partial charge in [0.2, 0.25) is 11.2 Å². The highest BCUT2D eigenvalue weighted by Gasteiger charge is 2.78. The largest absolute Gasteiger partial charge is 0.483 e. The molecule has 4 heterocycles. The van der Waals surface area contributed by atoms with Gasteiger partial charge >= 0.3 is 29.5 Å². The molecule has 1 aromatic heterocycles. The zero-order chi connectivity index (χ0) is 34.3. The zero-order valence-electron chi connectivity index (χ0n) is 27.8. The lowest BCUT2D eigenvalue weighted by atomic mass is 9.66. The molecule has 1 aromatic carbocycles. The van der Waals surface area contributed by atoms with Crippen molar-refractivity contribution in [1.29, 1.82) is 0 Å². The summed E-state index contributed by atoms with van der Waals surface area (Å²) >= 11 is 3.32. The first-order valence-corrected chi connectivity index (χ1v) is 17.1. The maximum absolute atomic E-state index is 14.5. The molecule has 4 unspecified atom stereocenters. The van der Waals surface area contributed by atoms with Gasteiger partial charge in [0.25, 0.3) is 0 Å². The number of benzene rings is 1. The van der Waals surface area contributed by atoms with Gasteiger partial charge in [0, 0.05) is 27.1 Å². The Morgan fingerprint density at radius 2 is 1.32 bits per heavy atom. The first-order valence-electron chi connectivity index (χ1n) is 16.0. The van der Waals surface area contributed by atoms with Crippen LogP contribution in [0.5, 0.6) is 5.75 Å². The van der Waals surface area contributed by atoms with E-state index in [1.165, 1.54) is 0 Å². The standard InChI is InChI=1S/C35H39BrO11/c1-29(2)23(44-28(41)35-14-12-33(8,26(39)47-35)31(35,5)6)22(43-27(40)34-13-11-32(7,25(38)46-34)30(34,3)4)20-19(45-29)10-9-17-15-18(16-36)24(37)42-21(17)20/h9-10,15,22-23H,11-14,16H2,1-8H3/t22-,23-,32?,33?,34?,35?/m1/s1. The molecule has 47 heavy (non-hydrogen) atoms. The Labute approximate surface area is 280 Å². The normalized spacial score (nSPS) is 36.8. The molecule has 4 fully saturated rings. The summed E-state index contributed by atoms with van der Waals surface area (Å²) in [5.74, 6) is -2.28. The van der Waals surface area contributed by atoms with Gasteiger partial charge < -0.3 is 28.1 Å². The fourth-order valence-corrected chi connectivity index (χ4v) is 9.08. The lowest BCUT2D eigenvalue weighted by molar-refractivity contribution is -0.217. The molecule has 2 aliphatic carbocycles. The SMILES string of the molecule is CC1(C)Oc2ccc3cc(CBr)c(=O)oc3c2[C@@H](OC(=O)C23CCC(C)(C(=O)O2)C3(C)C)[C@H]1OC(=O)C12CCC(C)(C(=O)O1)C2(C)C. The second kappa shape index (κ2) is 9.39. The van der Waals surface area contributed by atoms with Crippen molar-refractivity contribution in [2.24, 2.45) is 21.7 Å². The van der Waals surface area contributed by atoms with Crippen LogP contribution in [0.2, 0.25) is 0 Å². The van der Waals surface area contributed by atoms with E-state index in [-0.39, 0.29) is 35.1 Å². The molecule has 12 heteroatoms. The summed E-state index contributed by atoms with van der Waals surface area (Å²) in [6, 6.07) is 5.08. The Morgan fingerprint density at radius 3 is 1.79 bits per heavy atom. The first-order chi connectivity index (χ1) is 21.7. The molecule has 5 aliphatic rings. The van der Waals surface area contributed by atoms with Crippen molar-refractivity contribution in [2.45, 2.75) is 115 Å². The minimum Gasteiger partial charge on any atom is -0.483 e. The van der Waals surface area contributed by atoms with Gasteiger partial charge in [0.1, 0.15) is 16.9 Å². The number of hydrogen-bond donors (Lipinski definition) is 0. The number of alkyl halides is 1. The molecule has 3 aliphatic heterocycles. The van der Waals surface area contributed by atoms with Crippen molar-refractivity contribution >= 4 is 50.8 Å². The van der Waals surface area contributed by atoms with Crippen molar-refractivity contribution in [2.75, 3.05) is 0 Å². The van der Waals surface area contributed by atoms with Gasteiger partial charge in [-0.3, -0.25) is 9.59 Å². The van der Waals surface area contributed by atoms with E-state index in [1.807, 2.05) is 27.7 Å². The Bertz CT molecular complexity index is 1860. The third kappa shape index (κ3) is 3.65. The van der Waals surface area contributed by atoms with Crippen molar-refractivity contribution < 1.29 is 47.3 Å². The van der Waals surface area contributed by atoms with E-state index in [0.717, 1.165) is 0 Å². The average Bonchev–Trinajstić information content (AvgIpc) is 3.46. The van der Waals surface area contributed by atoms with Crippen LogP contribution in [0.3, 0.4) is 0 Å². The fourth-order valence-electron chi connectivity index (χ4n) is 8.69. The van der Waals surface area contributed by atoms with Crippen LogP contribution in [0.4, 0.5) is 0 Å². The molecular formula is C35H39BrO11. The summed E-state index contributed by atoms with van der Waals surface area (Å²) in [4.78, 5) is 67.9. The van der Waals surface area contributed by atoms with Gasteiger partial charge in [-0.15, -0.1) is 0 Å². The zero-order valence-corrected chi connectivity index (χ0v) is 29.4. The maximum atomic E-state index is 14.5. The summed E-state index contributed by atoms with van der Waals surface area (Å²) in [7, 11) is 0. The van der Waals surface area contributed by atoms with Gasteiger partial charge in [-0.05, 0) is 71.6 Å². The molecule has 252 valence electrons. The summed E-state index contributed by atoms with van der Waals surface area (Å²) in [6.45, 7) is 14.2. The molecule has 0 N–H and O–H groups in total. The number of esters is 4. The summed E-state index contributed by atoms with van der Waals surface area (Å²) in [5, 5.41) is 0.782. The Kier molecular flexibility index (Phi) is 6.42. The van der Waals surface area contributed by atoms with Crippen LogP contribution < -0.4 is 10.4 Å². The van der Waals surface area contributed by atoms with Gasteiger partial charge in [-0.25, -0.2) is 14.4 Å². The highest BCUT2D eigenvalue weighted by Crippen LogP contribution is 2.67. The van der Waals surface area contributed by atoms with Gasteiger partial charge in [-0.1, -0.05) is 43.6 Å². The molecule has 0 spiro atoms. The van der Waals surface area contributed by atoms with Crippen LogP contribution in [-0.2, 0) is 43.5 Å². The topological polar surface area (TPSA) is 145 Å². The number of hydrogen-bond acceptors (Lipinski definition) is 11. The van der Waals surface area contributed by atoms with Crippen LogP contribution in [0.1, 0.15) is 98.3 Å². The summed E-state index contributed by atoms with van der Waals surface area (Å²) in [5.41, 5.74) is -8.02. The molecule has 2 aromatic rings. The van der Waals surface area contributed by atoms with Crippen molar-refractivity contribution in [3.05, 3.63) is 39.7 Å². The first kappa shape index (κ1) is 32.2. The molecule has 2 saturated carbocycles. The van der Waals surface area contributed by atoms with Crippen molar-refractivity contribution in [1.82, 2.24) is 0 Å². The fraction of sp³-hybridized carbons (Fsp3) is 0.629. The number of rotatable bonds is 5. The van der Waals surface area contributed by atoms with E-state index in [0.29, 0.717) is 23.8 Å². The number of halogens is 1. The lowest BCUT2D eigenvalue weighted by Gasteiger charge is -2.45. The summed E-state index contributed by atoms with van der Waals surface area (Å²) < 4.78 is 36.6. The highest BCUT2D eigenvalue weighted by atomic mass is 79.9. The van der Waals surface area contributed by atoms with Crippen LogP contribution in [-0.4, -0.2) is 46.8 Å². The maximum Gasteiger partial charge on any atom is 0.351 e. The van der Waals surface area contributed by atoms with E-state index in [4.69, 9.17) is 28.1 Å². The molecule has 6 atom stereocenters. The van der Waals surface area contributed by atoms with Gasteiger partial charge in [0.15, 0.2) is 12.2 Å². The molecule has 0 amide bonds. The lowest BCUT2D eigenvalue weighted by Crippen LogP contribution is -2.57. The van der Waals surface area contributed by atoms with Crippen molar-refractivity contribution in [3.63, 3.8) is 0 Å². The van der Waals surface area contributed by atoms with Crippen LogP contribution in [0, 0.1) is 21.7 Å². The Morgan fingerprint density at radius 1 is 0.787 bits per heavy atom. The predicted molar refractivity (Wildman–Crippen MR) is 168 cm³/mol. The third-order valence-electron chi connectivity index (χ3n) is 13.0. The molecule has 7 rings (SSSR count). The van der Waals surface area contributed by atoms with E-state index < -0.39 is 80.2 Å². The van der Waals surface area contributed by atoms with E-state index in [1.54, 1.807) is 45.9 Å². The number of fused-ring (bicyclic) bond motifs is 7. The quantitative estimate of drug-likeness (QED) is 0.165. The van der Waals surface area contributed by atoms with E-state index in [2.05, 4.69) is 15.9 Å². The molecule has 2 saturated heterocycles. The number of carbonyl (C=O) groups excluding carboxylic acids is 4. The number of ether oxygens (including phenoxy) is 5. The second-order valence-electron chi connectivity index (χ2n) is 15.8. The molecule has 11 nitrogen and oxygen atoms in total. The second-order valence-corrected chi connectivity index (χ2v) is 16.4. The van der Waals surface area contributed by atoms with Crippen LogP contribution >= 0.6 is 15.9 Å². The minimum absolute atomic E-state index is 0.0993. The monoisotopic (exact) mass is 714 g/mol. The van der Waals surface area contributed by atoms with E-state index in [9.17, 15) is 24.0 Å². The van der Waals surface area contributed by atoms with Gasteiger partial charge in [-0.2, -0.15) is 0 Å². The Hall–Kier alpha value is -3.41. The molecule has 4 bridgehead atoms. The van der Waals surface area contributed by atoms with Gasteiger partial charge in [0.05, 0.1) is 16.4 Å². The van der Waals surface area contributed by atoms with Crippen molar-refractivity contribution in [3.8, 4) is 5.75 Å². The average molecular weight is 716 g/mol. The van der Waals surface area contributed by atoms with Crippen LogP contribution in [0.25, 0.3) is 11.0 Å². The van der Waals surface area contributed by atoms with Crippen LogP contribution in [0.15, 0.2) is 27.4 Å². The smallest absolute Gasteiger partial charge is 0.351 e. The summed E-state index contributed by atoms with van der Waals surface area (Å²) in [6.07, 6.45) is -1.30. The van der Waals surface area contributed by atoms with E-state index >= 15 is 0 Å².